The number of hydrogen-bond acceptors (Lipinski definition) is 4. The van der Waals surface area contributed by atoms with E-state index in [1.54, 1.807) is 6.92 Å². The van der Waals surface area contributed by atoms with Crippen LogP contribution in [0.1, 0.15) is 19.5 Å². The van der Waals surface area contributed by atoms with Crippen molar-refractivity contribution in [3.05, 3.63) is 17.8 Å². The predicted octanol–water partition coefficient (Wildman–Crippen LogP) is 1.10. The van der Waals surface area contributed by atoms with Crippen LogP contribution >= 0.6 is 0 Å². The molecule has 1 rings (SSSR count). The van der Waals surface area contributed by atoms with Gasteiger partial charge in [0.15, 0.2) is 11.6 Å². The summed E-state index contributed by atoms with van der Waals surface area (Å²) in [5.41, 5.74) is 5.85. The summed E-state index contributed by atoms with van der Waals surface area (Å²) in [6, 6.07) is 0.164. The maximum absolute atomic E-state index is 13.7. The number of aryl methyl sites for hydroxylation is 1. The molecular formula is C10H17FN4. The van der Waals surface area contributed by atoms with Crippen LogP contribution in [0.25, 0.3) is 0 Å². The molecule has 0 saturated carbocycles. The first-order valence-corrected chi connectivity index (χ1v) is 5.01. The number of halogens is 1. The largest absolute Gasteiger partial charge is 0.350 e. The van der Waals surface area contributed by atoms with Gasteiger partial charge in [-0.1, -0.05) is 0 Å². The van der Waals surface area contributed by atoms with Crippen molar-refractivity contribution >= 4 is 5.82 Å². The third kappa shape index (κ3) is 2.62. The van der Waals surface area contributed by atoms with Crippen LogP contribution in [0.4, 0.5) is 10.2 Å². The molecule has 15 heavy (non-hydrogen) atoms. The summed E-state index contributed by atoms with van der Waals surface area (Å²) in [6.45, 7) is 6.65. The molecule has 0 aliphatic heterocycles. The van der Waals surface area contributed by atoms with Gasteiger partial charge in [-0.15, -0.1) is 0 Å². The molecule has 0 unspecified atom stereocenters. The predicted molar refractivity (Wildman–Crippen MR) is 58.3 cm³/mol. The molecule has 2 N–H and O–H groups in total. The highest BCUT2D eigenvalue weighted by molar-refractivity contribution is 5.41. The van der Waals surface area contributed by atoms with Gasteiger partial charge in [-0.25, -0.2) is 14.4 Å². The lowest BCUT2D eigenvalue weighted by atomic mass is 10.3. The molecule has 0 saturated heterocycles. The Kier molecular flexibility index (Phi) is 3.96. The highest BCUT2D eigenvalue weighted by Gasteiger charge is 2.17. The number of aromatic nitrogens is 2. The Bertz CT molecular complexity index is 327. The molecule has 1 heterocycles. The van der Waals surface area contributed by atoms with Crippen LogP contribution in [0.15, 0.2) is 6.33 Å². The van der Waals surface area contributed by atoms with E-state index in [0.29, 0.717) is 24.6 Å². The molecule has 0 aliphatic rings. The van der Waals surface area contributed by atoms with Gasteiger partial charge in [0.2, 0.25) is 0 Å². The molecule has 0 atom stereocenters. The monoisotopic (exact) mass is 212 g/mol. The highest BCUT2D eigenvalue weighted by Crippen LogP contribution is 2.18. The first-order chi connectivity index (χ1) is 7.07. The Morgan fingerprint density at radius 1 is 1.47 bits per heavy atom. The van der Waals surface area contributed by atoms with Crippen LogP contribution < -0.4 is 10.6 Å². The van der Waals surface area contributed by atoms with Gasteiger partial charge in [-0.2, -0.15) is 0 Å². The number of nitrogens with zero attached hydrogens (tertiary/aromatic N) is 3. The molecule has 0 bridgehead atoms. The van der Waals surface area contributed by atoms with Gasteiger partial charge in [0, 0.05) is 19.1 Å². The minimum Gasteiger partial charge on any atom is -0.350 e. The van der Waals surface area contributed by atoms with E-state index in [1.165, 1.54) is 6.33 Å². The van der Waals surface area contributed by atoms with Crippen molar-refractivity contribution in [2.75, 3.05) is 18.0 Å². The van der Waals surface area contributed by atoms with E-state index in [2.05, 4.69) is 9.97 Å². The van der Waals surface area contributed by atoms with E-state index in [4.69, 9.17) is 5.73 Å². The second kappa shape index (κ2) is 5.02. The fourth-order valence-corrected chi connectivity index (χ4v) is 1.39. The fourth-order valence-electron chi connectivity index (χ4n) is 1.39. The van der Waals surface area contributed by atoms with Crippen LogP contribution in [0.5, 0.6) is 0 Å². The van der Waals surface area contributed by atoms with Gasteiger partial charge in [0.05, 0.1) is 5.69 Å². The van der Waals surface area contributed by atoms with Gasteiger partial charge >= 0.3 is 0 Å². The van der Waals surface area contributed by atoms with Crippen molar-refractivity contribution in [3.63, 3.8) is 0 Å². The molecule has 4 nitrogen and oxygen atoms in total. The van der Waals surface area contributed by atoms with E-state index in [9.17, 15) is 4.39 Å². The summed E-state index contributed by atoms with van der Waals surface area (Å²) in [6.07, 6.45) is 1.37. The lowest BCUT2D eigenvalue weighted by Crippen LogP contribution is -2.36. The topological polar surface area (TPSA) is 55.0 Å². The van der Waals surface area contributed by atoms with Crippen molar-refractivity contribution in [1.82, 2.24) is 9.97 Å². The first kappa shape index (κ1) is 11.8. The van der Waals surface area contributed by atoms with Gasteiger partial charge in [0.1, 0.15) is 6.33 Å². The molecule has 5 heteroatoms. The van der Waals surface area contributed by atoms with E-state index >= 15 is 0 Å². The summed E-state index contributed by atoms with van der Waals surface area (Å²) in [5.74, 6) is -0.0254. The SMILES string of the molecule is Cc1ncnc(N(CCN)C(C)C)c1F. The molecule has 0 spiro atoms. The average Bonchev–Trinajstić information content (AvgIpc) is 2.19. The number of anilines is 1. The van der Waals surface area contributed by atoms with E-state index in [1.807, 2.05) is 18.7 Å². The number of rotatable bonds is 4. The Hall–Kier alpha value is -1.23. The molecular weight excluding hydrogens is 195 g/mol. The summed E-state index contributed by atoms with van der Waals surface area (Å²) in [4.78, 5) is 9.60. The van der Waals surface area contributed by atoms with Crippen molar-refractivity contribution in [1.29, 1.82) is 0 Å². The first-order valence-electron chi connectivity index (χ1n) is 5.01. The Labute approximate surface area is 89.3 Å². The third-order valence-electron chi connectivity index (χ3n) is 2.21. The van der Waals surface area contributed by atoms with Crippen LogP contribution in [-0.4, -0.2) is 29.1 Å². The molecule has 0 aliphatic carbocycles. The van der Waals surface area contributed by atoms with Gasteiger partial charge in [-0.05, 0) is 20.8 Å². The van der Waals surface area contributed by atoms with E-state index in [-0.39, 0.29) is 11.9 Å². The van der Waals surface area contributed by atoms with Crippen molar-refractivity contribution in [2.24, 2.45) is 5.73 Å². The molecule has 0 radical (unpaired) electrons. The molecule has 1 aromatic heterocycles. The van der Waals surface area contributed by atoms with Crippen LogP contribution in [0.3, 0.4) is 0 Å². The van der Waals surface area contributed by atoms with Gasteiger partial charge < -0.3 is 10.6 Å². The fraction of sp³-hybridized carbons (Fsp3) is 0.600. The minimum absolute atomic E-state index is 0.164. The molecule has 0 amide bonds. The van der Waals surface area contributed by atoms with E-state index < -0.39 is 0 Å². The van der Waals surface area contributed by atoms with Crippen LogP contribution in [0, 0.1) is 12.7 Å². The summed E-state index contributed by atoms with van der Waals surface area (Å²) >= 11 is 0. The molecule has 0 aromatic carbocycles. The number of nitrogens with two attached hydrogens (primary N) is 1. The molecule has 1 aromatic rings. The van der Waals surface area contributed by atoms with Crippen molar-refractivity contribution < 1.29 is 4.39 Å². The zero-order valence-electron chi connectivity index (χ0n) is 9.37. The molecule has 0 fully saturated rings. The van der Waals surface area contributed by atoms with Crippen LogP contribution in [-0.2, 0) is 0 Å². The van der Waals surface area contributed by atoms with Crippen molar-refractivity contribution in [3.8, 4) is 0 Å². The minimum atomic E-state index is -0.361. The lowest BCUT2D eigenvalue weighted by molar-refractivity contribution is 0.575. The average molecular weight is 212 g/mol. The Morgan fingerprint density at radius 3 is 2.67 bits per heavy atom. The highest BCUT2D eigenvalue weighted by atomic mass is 19.1. The molecule has 84 valence electrons. The Balaban J connectivity index is 3.05. The number of hydrogen-bond donors (Lipinski definition) is 1. The Morgan fingerprint density at radius 2 is 2.13 bits per heavy atom. The zero-order valence-corrected chi connectivity index (χ0v) is 9.37. The second-order valence-electron chi connectivity index (χ2n) is 3.67. The second-order valence-corrected chi connectivity index (χ2v) is 3.67. The van der Waals surface area contributed by atoms with Crippen LogP contribution in [0.2, 0.25) is 0 Å². The third-order valence-corrected chi connectivity index (χ3v) is 2.21. The summed E-state index contributed by atoms with van der Waals surface area (Å²) in [5, 5.41) is 0. The normalized spacial score (nSPS) is 10.8. The van der Waals surface area contributed by atoms with Gasteiger partial charge in [0.25, 0.3) is 0 Å². The lowest BCUT2D eigenvalue weighted by Gasteiger charge is -2.27. The standard InChI is InChI=1S/C10H17FN4/c1-7(2)15(5-4-12)10-9(11)8(3)13-6-14-10/h6-7H,4-5,12H2,1-3H3. The smallest absolute Gasteiger partial charge is 0.186 e. The van der Waals surface area contributed by atoms with Crippen molar-refractivity contribution in [2.45, 2.75) is 26.8 Å². The zero-order chi connectivity index (χ0) is 11.4. The maximum atomic E-state index is 13.7. The quantitative estimate of drug-likeness (QED) is 0.812. The van der Waals surface area contributed by atoms with E-state index in [0.717, 1.165) is 0 Å². The maximum Gasteiger partial charge on any atom is 0.186 e. The summed E-state index contributed by atoms with van der Waals surface area (Å²) in [7, 11) is 0. The van der Waals surface area contributed by atoms with Gasteiger partial charge in [-0.3, -0.25) is 0 Å². The summed E-state index contributed by atoms with van der Waals surface area (Å²) < 4.78 is 13.7.